The molecule has 3 aromatic rings. The SMILES string of the molecule is NC[C@@H]1Cc2c(F)ccc(-c3ccc4nc[nH]c4c3)c2O1. The largest absolute Gasteiger partial charge is 0.488 e. The Morgan fingerprint density at radius 1 is 1.33 bits per heavy atom. The zero-order valence-corrected chi connectivity index (χ0v) is 11.3. The lowest BCUT2D eigenvalue weighted by atomic mass is 9.99. The van der Waals surface area contributed by atoms with E-state index in [4.69, 9.17) is 10.5 Å². The van der Waals surface area contributed by atoms with Gasteiger partial charge >= 0.3 is 0 Å². The molecule has 106 valence electrons. The molecule has 2 aromatic carbocycles. The van der Waals surface area contributed by atoms with E-state index in [1.165, 1.54) is 6.07 Å². The van der Waals surface area contributed by atoms with Gasteiger partial charge in [0.15, 0.2) is 0 Å². The monoisotopic (exact) mass is 283 g/mol. The molecule has 3 N–H and O–H groups in total. The quantitative estimate of drug-likeness (QED) is 0.760. The number of fused-ring (bicyclic) bond motifs is 2. The van der Waals surface area contributed by atoms with E-state index in [2.05, 4.69) is 9.97 Å². The van der Waals surface area contributed by atoms with E-state index in [1.807, 2.05) is 18.2 Å². The molecule has 0 aliphatic carbocycles. The number of H-pyrrole nitrogens is 1. The molecule has 2 heterocycles. The Labute approximate surface area is 120 Å². The Bertz CT molecular complexity index is 828. The van der Waals surface area contributed by atoms with Gasteiger partial charge in [-0.15, -0.1) is 0 Å². The summed E-state index contributed by atoms with van der Waals surface area (Å²) in [5.74, 6) is 0.386. The maximum atomic E-state index is 14.0. The van der Waals surface area contributed by atoms with Crippen LogP contribution in [0.25, 0.3) is 22.2 Å². The fraction of sp³-hybridized carbons (Fsp3) is 0.188. The van der Waals surface area contributed by atoms with Gasteiger partial charge in [-0.05, 0) is 29.8 Å². The second-order valence-corrected chi connectivity index (χ2v) is 5.22. The van der Waals surface area contributed by atoms with Crippen molar-refractivity contribution >= 4 is 11.0 Å². The maximum absolute atomic E-state index is 14.0. The lowest BCUT2D eigenvalue weighted by Gasteiger charge is -2.11. The fourth-order valence-corrected chi connectivity index (χ4v) is 2.83. The van der Waals surface area contributed by atoms with Crippen LogP contribution in [0.5, 0.6) is 5.75 Å². The summed E-state index contributed by atoms with van der Waals surface area (Å²) in [6, 6.07) is 9.15. The minimum Gasteiger partial charge on any atom is -0.488 e. The maximum Gasteiger partial charge on any atom is 0.133 e. The zero-order valence-electron chi connectivity index (χ0n) is 11.3. The van der Waals surface area contributed by atoms with Crippen LogP contribution in [0.3, 0.4) is 0 Å². The number of nitrogens with two attached hydrogens (primary N) is 1. The van der Waals surface area contributed by atoms with E-state index in [0.717, 1.165) is 22.2 Å². The summed E-state index contributed by atoms with van der Waals surface area (Å²) in [4.78, 5) is 7.28. The van der Waals surface area contributed by atoms with E-state index in [-0.39, 0.29) is 11.9 Å². The molecule has 0 unspecified atom stereocenters. The normalized spacial score (nSPS) is 17.0. The highest BCUT2D eigenvalue weighted by atomic mass is 19.1. The average Bonchev–Trinajstić information content (AvgIpc) is 3.13. The summed E-state index contributed by atoms with van der Waals surface area (Å²) in [6.45, 7) is 0.382. The van der Waals surface area contributed by atoms with Gasteiger partial charge in [0.05, 0.1) is 17.4 Å². The molecule has 4 nitrogen and oxygen atoms in total. The number of rotatable bonds is 2. The van der Waals surface area contributed by atoms with Crippen molar-refractivity contribution in [2.75, 3.05) is 6.54 Å². The topological polar surface area (TPSA) is 63.9 Å². The second-order valence-electron chi connectivity index (χ2n) is 5.22. The zero-order chi connectivity index (χ0) is 14.4. The number of imidazole rings is 1. The van der Waals surface area contributed by atoms with Gasteiger partial charge in [-0.25, -0.2) is 9.37 Å². The molecule has 0 saturated heterocycles. The lowest BCUT2D eigenvalue weighted by Crippen LogP contribution is -2.24. The number of hydrogen-bond acceptors (Lipinski definition) is 3. The van der Waals surface area contributed by atoms with Gasteiger partial charge in [0.1, 0.15) is 17.7 Å². The van der Waals surface area contributed by atoms with Gasteiger partial charge < -0.3 is 15.5 Å². The Hall–Kier alpha value is -2.40. The molecule has 1 aliphatic rings. The first-order chi connectivity index (χ1) is 10.3. The van der Waals surface area contributed by atoms with Crippen molar-refractivity contribution in [2.24, 2.45) is 5.73 Å². The molecule has 1 atom stereocenters. The van der Waals surface area contributed by atoms with E-state index < -0.39 is 0 Å². The minimum atomic E-state index is -0.229. The fourth-order valence-electron chi connectivity index (χ4n) is 2.83. The molecule has 1 aromatic heterocycles. The van der Waals surface area contributed by atoms with Gasteiger partial charge in [0.25, 0.3) is 0 Å². The Morgan fingerprint density at radius 3 is 3.10 bits per heavy atom. The first-order valence-electron chi connectivity index (χ1n) is 6.88. The van der Waals surface area contributed by atoms with Crippen molar-refractivity contribution < 1.29 is 9.13 Å². The van der Waals surface area contributed by atoms with Gasteiger partial charge in [0, 0.05) is 24.1 Å². The molecule has 0 spiro atoms. The number of halogens is 1. The summed E-state index contributed by atoms with van der Waals surface area (Å²) in [5, 5.41) is 0. The standard InChI is InChI=1S/C16H14FN3O/c17-13-3-2-11(16-12(13)6-10(7-18)21-16)9-1-4-14-15(5-9)20-8-19-14/h1-5,8,10H,6-7,18H2,(H,19,20)/t10-/m0/s1. The van der Waals surface area contributed by atoms with Crippen molar-refractivity contribution in [3.63, 3.8) is 0 Å². The third-order valence-electron chi connectivity index (χ3n) is 3.91. The van der Waals surface area contributed by atoms with Crippen molar-refractivity contribution in [3.05, 3.63) is 48.0 Å². The van der Waals surface area contributed by atoms with E-state index in [0.29, 0.717) is 24.3 Å². The highest BCUT2D eigenvalue weighted by molar-refractivity contribution is 5.84. The number of aromatic nitrogens is 2. The highest BCUT2D eigenvalue weighted by Crippen LogP contribution is 2.40. The average molecular weight is 283 g/mol. The Balaban J connectivity index is 1.88. The first kappa shape index (κ1) is 12.3. The van der Waals surface area contributed by atoms with E-state index in [9.17, 15) is 4.39 Å². The first-order valence-corrected chi connectivity index (χ1v) is 6.88. The number of nitrogens with one attached hydrogen (secondary N) is 1. The molecule has 4 rings (SSSR count). The van der Waals surface area contributed by atoms with Crippen LogP contribution in [0.1, 0.15) is 5.56 Å². The van der Waals surface area contributed by atoms with Gasteiger partial charge in [-0.1, -0.05) is 6.07 Å². The van der Waals surface area contributed by atoms with Gasteiger partial charge in [-0.3, -0.25) is 0 Å². The van der Waals surface area contributed by atoms with Crippen LogP contribution < -0.4 is 10.5 Å². The molecule has 0 bridgehead atoms. The van der Waals surface area contributed by atoms with E-state index >= 15 is 0 Å². The summed E-state index contributed by atoms with van der Waals surface area (Å²) in [6.07, 6.45) is 2.04. The molecule has 21 heavy (non-hydrogen) atoms. The molecular formula is C16H14FN3O. The summed E-state index contributed by atoms with van der Waals surface area (Å²) in [5.41, 5.74) is 9.98. The van der Waals surface area contributed by atoms with Crippen LogP contribution in [-0.2, 0) is 6.42 Å². The van der Waals surface area contributed by atoms with Gasteiger partial charge in [0.2, 0.25) is 0 Å². The molecule has 0 amide bonds. The van der Waals surface area contributed by atoms with Gasteiger partial charge in [-0.2, -0.15) is 0 Å². The summed E-state index contributed by atoms with van der Waals surface area (Å²) in [7, 11) is 0. The molecular weight excluding hydrogens is 269 g/mol. The number of hydrogen-bond donors (Lipinski definition) is 2. The molecule has 5 heteroatoms. The van der Waals surface area contributed by atoms with Crippen LogP contribution in [-0.4, -0.2) is 22.6 Å². The number of benzene rings is 2. The molecule has 0 radical (unpaired) electrons. The highest BCUT2D eigenvalue weighted by Gasteiger charge is 2.27. The molecule has 0 saturated carbocycles. The van der Waals surface area contributed by atoms with E-state index in [1.54, 1.807) is 12.4 Å². The van der Waals surface area contributed by atoms with Crippen molar-refractivity contribution in [3.8, 4) is 16.9 Å². The number of aromatic amines is 1. The minimum absolute atomic E-state index is 0.147. The van der Waals surface area contributed by atoms with Crippen LogP contribution in [0, 0.1) is 5.82 Å². The van der Waals surface area contributed by atoms with Crippen LogP contribution in [0.2, 0.25) is 0 Å². The van der Waals surface area contributed by atoms with Crippen molar-refractivity contribution in [1.82, 2.24) is 9.97 Å². The van der Waals surface area contributed by atoms with Crippen molar-refractivity contribution in [1.29, 1.82) is 0 Å². The van der Waals surface area contributed by atoms with Crippen LogP contribution in [0.15, 0.2) is 36.7 Å². The summed E-state index contributed by atoms with van der Waals surface area (Å²) >= 11 is 0. The van der Waals surface area contributed by atoms with Crippen LogP contribution >= 0.6 is 0 Å². The third-order valence-corrected chi connectivity index (χ3v) is 3.91. The summed E-state index contributed by atoms with van der Waals surface area (Å²) < 4.78 is 19.8. The lowest BCUT2D eigenvalue weighted by molar-refractivity contribution is 0.242. The Morgan fingerprint density at radius 2 is 2.24 bits per heavy atom. The third kappa shape index (κ3) is 1.89. The molecule has 1 aliphatic heterocycles. The Kier molecular flexibility index (Phi) is 2.68. The predicted molar refractivity (Wildman–Crippen MR) is 78.7 cm³/mol. The van der Waals surface area contributed by atoms with Crippen molar-refractivity contribution in [2.45, 2.75) is 12.5 Å². The number of ether oxygens (including phenoxy) is 1. The predicted octanol–water partition coefficient (Wildman–Crippen LogP) is 2.63. The smallest absolute Gasteiger partial charge is 0.133 e. The second kappa shape index (κ2) is 4.56. The molecule has 0 fully saturated rings. The van der Waals surface area contributed by atoms with Crippen LogP contribution in [0.4, 0.5) is 4.39 Å². The number of nitrogens with zero attached hydrogens (tertiary/aromatic N) is 1.